The van der Waals surface area contributed by atoms with Gasteiger partial charge in [0.2, 0.25) is 15.9 Å². The van der Waals surface area contributed by atoms with Crippen molar-refractivity contribution in [3.05, 3.63) is 0 Å². The summed E-state index contributed by atoms with van der Waals surface area (Å²) in [5.41, 5.74) is 0. The summed E-state index contributed by atoms with van der Waals surface area (Å²) in [6.07, 6.45) is 1.04. The van der Waals surface area contributed by atoms with Gasteiger partial charge in [0.25, 0.3) is 0 Å². The molecule has 1 fully saturated rings. The van der Waals surface area contributed by atoms with E-state index in [9.17, 15) is 13.2 Å². The Morgan fingerprint density at radius 1 is 1.50 bits per heavy atom. The van der Waals surface area contributed by atoms with Crippen molar-refractivity contribution in [2.75, 3.05) is 25.9 Å². The van der Waals surface area contributed by atoms with Gasteiger partial charge in [0.15, 0.2) is 5.75 Å². The fourth-order valence-electron chi connectivity index (χ4n) is 1.77. The number of carbonyl (C=O) groups excluding carboxylic acids is 1. The van der Waals surface area contributed by atoms with Gasteiger partial charge in [0.05, 0.1) is 6.07 Å². The predicted octanol–water partition coefficient (Wildman–Crippen LogP) is -0.702. The first-order valence-electron chi connectivity index (χ1n) is 5.07. The van der Waals surface area contributed by atoms with Crippen molar-refractivity contribution in [1.82, 2.24) is 9.62 Å². The minimum absolute atomic E-state index is 0.0441. The molecule has 1 heterocycles. The number of amides is 1. The van der Waals surface area contributed by atoms with Crippen molar-refractivity contribution in [1.29, 1.82) is 5.26 Å². The highest BCUT2D eigenvalue weighted by atomic mass is 32.2. The molecule has 1 saturated heterocycles. The van der Waals surface area contributed by atoms with Gasteiger partial charge in [-0.05, 0) is 12.8 Å². The molecule has 1 rings (SSSR count). The second kappa shape index (κ2) is 5.27. The zero-order valence-electron chi connectivity index (χ0n) is 9.14. The van der Waals surface area contributed by atoms with Gasteiger partial charge in [0.1, 0.15) is 0 Å². The molecule has 0 aromatic heterocycles. The molecule has 1 amide bonds. The summed E-state index contributed by atoms with van der Waals surface area (Å²) in [6.45, 7) is 0.643. The number of nitrogens with zero attached hydrogens (tertiary/aromatic N) is 2. The third kappa shape index (κ3) is 2.93. The highest BCUT2D eigenvalue weighted by Gasteiger charge is 2.30. The standard InChI is InChI=1S/C9H15N3O3S/c1-11-9(13)8-2-5-12(6-3-8)16(14,15)7-4-10/h8H,2-3,5-7H2,1H3,(H,11,13). The summed E-state index contributed by atoms with van der Waals surface area (Å²) in [5, 5.41) is 10.9. The number of sulfonamides is 1. The number of nitriles is 1. The lowest BCUT2D eigenvalue weighted by atomic mass is 9.97. The predicted molar refractivity (Wildman–Crippen MR) is 57.8 cm³/mol. The number of nitrogens with one attached hydrogen (secondary N) is 1. The van der Waals surface area contributed by atoms with Crippen molar-refractivity contribution >= 4 is 15.9 Å². The topological polar surface area (TPSA) is 90.3 Å². The Morgan fingerprint density at radius 2 is 2.06 bits per heavy atom. The quantitative estimate of drug-likeness (QED) is 0.711. The average Bonchev–Trinajstić information content (AvgIpc) is 2.28. The Kier molecular flexibility index (Phi) is 4.26. The molecule has 0 aromatic rings. The van der Waals surface area contributed by atoms with Gasteiger partial charge < -0.3 is 5.32 Å². The molecule has 0 atom stereocenters. The first-order valence-corrected chi connectivity index (χ1v) is 6.68. The van der Waals surface area contributed by atoms with E-state index in [-0.39, 0.29) is 11.8 Å². The zero-order valence-corrected chi connectivity index (χ0v) is 9.96. The number of rotatable bonds is 3. The Morgan fingerprint density at radius 3 is 2.50 bits per heavy atom. The molecule has 90 valence electrons. The van der Waals surface area contributed by atoms with Gasteiger partial charge in [-0.15, -0.1) is 0 Å². The van der Waals surface area contributed by atoms with Crippen LogP contribution in [0.3, 0.4) is 0 Å². The fourth-order valence-corrected chi connectivity index (χ4v) is 2.89. The molecule has 6 nitrogen and oxygen atoms in total. The van der Waals surface area contributed by atoms with E-state index in [1.807, 2.05) is 0 Å². The molecule has 1 aliphatic rings. The van der Waals surface area contributed by atoms with Crippen molar-refractivity contribution in [2.45, 2.75) is 12.8 Å². The molecule has 0 spiro atoms. The SMILES string of the molecule is CNC(=O)C1CCN(S(=O)(=O)CC#N)CC1. The van der Waals surface area contributed by atoms with Gasteiger partial charge in [-0.2, -0.15) is 5.26 Å². The Bertz CT molecular complexity index is 391. The third-order valence-corrected chi connectivity index (χ3v) is 4.36. The maximum absolute atomic E-state index is 11.5. The van der Waals surface area contributed by atoms with Gasteiger partial charge in [-0.3, -0.25) is 4.79 Å². The molecular weight excluding hydrogens is 230 g/mol. The molecule has 0 bridgehead atoms. The van der Waals surface area contributed by atoms with Crippen molar-refractivity contribution in [3.8, 4) is 6.07 Å². The second-order valence-electron chi connectivity index (χ2n) is 3.70. The van der Waals surface area contributed by atoms with E-state index in [4.69, 9.17) is 5.26 Å². The van der Waals surface area contributed by atoms with Crippen LogP contribution in [0.5, 0.6) is 0 Å². The summed E-state index contributed by atoms with van der Waals surface area (Å²) in [4.78, 5) is 11.3. The Balaban J connectivity index is 2.56. The van der Waals surface area contributed by atoms with Gasteiger partial charge in [-0.1, -0.05) is 0 Å². The van der Waals surface area contributed by atoms with Crippen LogP contribution in [-0.4, -0.2) is 44.5 Å². The molecule has 0 aromatic carbocycles. The number of piperidine rings is 1. The van der Waals surface area contributed by atoms with Crippen LogP contribution in [0.1, 0.15) is 12.8 Å². The minimum atomic E-state index is -3.45. The van der Waals surface area contributed by atoms with Gasteiger partial charge >= 0.3 is 0 Å². The molecule has 0 radical (unpaired) electrons. The van der Waals surface area contributed by atoms with E-state index in [2.05, 4.69) is 5.32 Å². The lowest BCUT2D eigenvalue weighted by Crippen LogP contribution is -2.43. The van der Waals surface area contributed by atoms with Crippen LogP contribution in [0.15, 0.2) is 0 Å². The van der Waals surface area contributed by atoms with Crippen LogP contribution in [0.25, 0.3) is 0 Å². The molecule has 0 aliphatic carbocycles. The smallest absolute Gasteiger partial charge is 0.227 e. The van der Waals surface area contributed by atoms with Crippen molar-refractivity contribution in [2.24, 2.45) is 5.92 Å². The summed E-state index contributed by atoms with van der Waals surface area (Å²) in [6, 6.07) is 1.64. The van der Waals surface area contributed by atoms with Crippen LogP contribution >= 0.6 is 0 Å². The van der Waals surface area contributed by atoms with E-state index in [1.54, 1.807) is 13.1 Å². The van der Waals surface area contributed by atoms with Crippen LogP contribution in [0.2, 0.25) is 0 Å². The Labute approximate surface area is 95.3 Å². The number of carbonyl (C=O) groups is 1. The highest BCUT2D eigenvalue weighted by Crippen LogP contribution is 2.19. The number of hydrogen-bond donors (Lipinski definition) is 1. The summed E-state index contributed by atoms with van der Waals surface area (Å²) >= 11 is 0. The van der Waals surface area contributed by atoms with Crippen LogP contribution in [-0.2, 0) is 14.8 Å². The largest absolute Gasteiger partial charge is 0.359 e. The first-order chi connectivity index (χ1) is 7.51. The monoisotopic (exact) mass is 245 g/mol. The van der Waals surface area contributed by atoms with E-state index < -0.39 is 15.8 Å². The fraction of sp³-hybridized carbons (Fsp3) is 0.778. The Hall–Kier alpha value is -1.13. The molecular formula is C9H15N3O3S. The van der Waals surface area contributed by atoms with Gasteiger partial charge in [0, 0.05) is 26.1 Å². The summed E-state index contributed by atoms with van der Waals surface area (Å²) in [5.74, 6) is -0.645. The van der Waals surface area contributed by atoms with Crippen LogP contribution in [0.4, 0.5) is 0 Å². The molecule has 0 saturated carbocycles. The molecule has 1 aliphatic heterocycles. The van der Waals surface area contributed by atoms with Crippen molar-refractivity contribution in [3.63, 3.8) is 0 Å². The van der Waals surface area contributed by atoms with E-state index in [1.165, 1.54) is 4.31 Å². The van der Waals surface area contributed by atoms with Crippen LogP contribution in [0, 0.1) is 17.2 Å². The molecule has 1 N–H and O–H groups in total. The summed E-state index contributed by atoms with van der Waals surface area (Å²) < 4.78 is 24.4. The zero-order chi connectivity index (χ0) is 12.2. The van der Waals surface area contributed by atoms with Crippen molar-refractivity contribution < 1.29 is 13.2 Å². The first kappa shape index (κ1) is 12.9. The lowest BCUT2D eigenvalue weighted by molar-refractivity contribution is -0.125. The van der Waals surface area contributed by atoms with E-state index >= 15 is 0 Å². The highest BCUT2D eigenvalue weighted by molar-refractivity contribution is 7.89. The van der Waals surface area contributed by atoms with Gasteiger partial charge in [-0.25, -0.2) is 12.7 Å². The maximum atomic E-state index is 11.5. The third-order valence-electron chi connectivity index (χ3n) is 2.71. The van der Waals surface area contributed by atoms with E-state index in [0.29, 0.717) is 25.9 Å². The van der Waals surface area contributed by atoms with E-state index in [0.717, 1.165) is 0 Å². The maximum Gasteiger partial charge on any atom is 0.227 e. The number of hydrogen-bond acceptors (Lipinski definition) is 4. The normalized spacial score (nSPS) is 19.0. The van der Waals surface area contributed by atoms with Crippen LogP contribution < -0.4 is 5.32 Å². The summed E-state index contributed by atoms with van der Waals surface area (Å²) in [7, 11) is -1.88. The lowest BCUT2D eigenvalue weighted by Gasteiger charge is -2.29. The second-order valence-corrected chi connectivity index (χ2v) is 5.67. The molecule has 7 heteroatoms. The minimum Gasteiger partial charge on any atom is -0.359 e. The average molecular weight is 245 g/mol. The molecule has 0 unspecified atom stereocenters. The molecule has 16 heavy (non-hydrogen) atoms.